The SMILES string of the molecule is CCOC(=O)c1c(NC(=O)c2cc(Cl)ccc2[N+](=O)[O-])sc2c1CCN(C(=O)OC)C2. The number of amides is 2. The molecule has 2 amide bonds. The number of thiophene rings is 1. The standard InChI is InChI=1S/C19H18ClN3O7S/c1-3-30-18(25)15-11-6-7-22(19(26)29-2)9-14(11)31-17(15)21-16(24)12-8-10(20)4-5-13(12)23(27)28/h4-5,8H,3,6-7,9H2,1-2H3,(H,21,24). The lowest BCUT2D eigenvalue weighted by Gasteiger charge is -2.25. The highest BCUT2D eigenvalue weighted by atomic mass is 35.5. The van der Waals surface area contributed by atoms with E-state index in [0.717, 1.165) is 17.4 Å². The second-order valence-electron chi connectivity index (χ2n) is 6.44. The van der Waals surface area contributed by atoms with Gasteiger partial charge in [-0.15, -0.1) is 11.3 Å². The van der Waals surface area contributed by atoms with Gasteiger partial charge in [0.25, 0.3) is 11.6 Å². The summed E-state index contributed by atoms with van der Waals surface area (Å²) in [5.74, 6) is -1.41. The van der Waals surface area contributed by atoms with Crippen LogP contribution in [0.4, 0.5) is 15.5 Å². The molecule has 12 heteroatoms. The van der Waals surface area contributed by atoms with E-state index >= 15 is 0 Å². The molecular formula is C19H18ClN3O7S. The number of ether oxygens (including phenoxy) is 2. The lowest BCUT2D eigenvalue weighted by molar-refractivity contribution is -0.385. The van der Waals surface area contributed by atoms with Crippen LogP contribution in [0.1, 0.15) is 38.1 Å². The van der Waals surface area contributed by atoms with Crippen molar-refractivity contribution in [2.45, 2.75) is 19.9 Å². The summed E-state index contributed by atoms with van der Waals surface area (Å²) in [6, 6.07) is 3.63. The van der Waals surface area contributed by atoms with E-state index in [1.165, 1.54) is 24.1 Å². The number of rotatable bonds is 5. The molecule has 0 fully saturated rings. The summed E-state index contributed by atoms with van der Waals surface area (Å²) in [5.41, 5.74) is 0.191. The molecule has 10 nitrogen and oxygen atoms in total. The number of benzene rings is 1. The fraction of sp³-hybridized carbons (Fsp3) is 0.316. The third-order valence-corrected chi connectivity index (χ3v) is 5.96. The van der Waals surface area contributed by atoms with E-state index in [1.807, 2.05) is 0 Å². The number of esters is 1. The quantitative estimate of drug-likeness (QED) is 0.401. The Hall–Kier alpha value is -3.18. The molecule has 1 N–H and O–H groups in total. The Balaban J connectivity index is 2.00. The molecule has 0 saturated heterocycles. The Labute approximate surface area is 185 Å². The van der Waals surface area contributed by atoms with Gasteiger partial charge in [-0.3, -0.25) is 14.9 Å². The van der Waals surface area contributed by atoms with Gasteiger partial charge in [-0.2, -0.15) is 0 Å². The number of nitro benzene ring substituents is 1. The van der Waals surface area contributed by atoms with E-state index in [4.69, 9.17) is 21.1 Å². The smallest absolute Gasteiger partial charge is 0.409 e. The molecule has 3 rings (SSSR count). The molecule has 2 aromatic rings. The van der Waals surface area contributed by atoms with Gasteiger partial charge in [0, 0.05) is 22.5 Å². The van der Waals surface area contributed by atoms with Crippen molar-refractivity contribution < 1.29 is 28.8 Å². The van der Waals surface area contributed by atoms with Crippen LogP contribution >= 0.6 is 22.9 Å². The Kier molecular flexibility index (Phi) is 6.76. The summed E-state index contributed by atoms with van der Waals surface area (Å²) in [6.07, 6.45) is -0.140. The first-order valence-electron chi connectivity index (χ1n) is 9.16. The fourth-order valence-electron chi connectivity index (χ4n) is 3.22. The third-order valence-electron chi connectivity index (χ3n) is 4.60. The molecule has 1 aromatic heterocycles. The van der Waals surface area contributed by atoms with Crippen molar-refractivity contribution in [1.29, 1.82) is 0 Å². The highest BCUT2D eigenvalue weighted by molar-refractivity contribution is 7.17. The number of nitrogens with one attached hydrogen (secondary N) is 1. The predicted molar refractivity (Wildman–Crippen MR) is 113 cm³/mol. The predicted octanol–water partition coefficient (Wildman–Crippen LogP) is 3.86. The maximum atomic E-state index is 12.9. The van der Waals surface area contributed by atoms with Gasteiger partial charge in [-0.05, 0) is 31.0 Å². The number of halogens is 1. The first-order valence-corrected chi connectivity index (χ1v) is 10.4. The molecule has 1 aromatic carbocycles. The Bertz CT molecular complexity index is 1070. The highest BCUT2D eigenvalue weighted by Crippen LogP contribution is 2.38. The maximum absolute atomic E-state index is 12.9. The summed E-state index contributed by atoms with van der Waals surface area (Å²) in [5, 5.41) is 14.2. The molecule has 31 heavy (non-hydrogen) atoms. The van der Waals surface area contributed by atoms with E-state index < -0.39 is 28.6 Å². The van der Waals surface area contributed by atoms with Crippen molar-refractivity contribution in [3.63, 3.8) is 0 Å². The monoisotopic (exact) mass is 467 g/mol. The first-order chi connectivity index (χ1) is 14.8. The van der Waals surface area contributed by atoms with Crippen LogP contribution in [0.3, 0.4) is 0 Å². The molecule has 0 spiro atoms. The van der Waals surface area contributed by atoms with Crippen LogP contribution in [0.5, 0.6) is 0 Å². The summed E-state index contributed by atoms with van der Waals surface area (Å²) in [4.78, 5) is 50.1. The average molecular weight is 468 g/mol. The second kappa shape index (κ2) is 9.31. The molecule has 164 valence electrons. The van der Waals surface area contributed by atoms with Gasteiger partial charge in [0.15, 0.2) is 0 Å². The number of nitro groups is 1. The van der Waals surface area contributed by atoms with Crippen molar-refractivity contribution in [3.05, 3.63) is 54.9 Å². The van der Waals surface area contributed by atoms with E-state index in [-0.39, 0.29) is 34.3 Å². The van der Waals surface area contributed by atoms with E-state index in [1.54, 1.807) is 6.92 Å². The second-order valence-corrected chi connectivity index (χ2v) is 7.98. The molecule has 0 saturated carbocycles. The van der Waals surface area contributed by atoms with Crippen LogP contribution in [-0.2, 0) is 22.4 Å². The zero-order chi connectivity index (χ0) is 22.7. The third kappa shape index (κ3) is 4.62. The number of methoxy groups -OCH3 is 1. The lowest BCUT2D eigenvalue weighted by atomic mass is 10.0. The molecule has 0 radical (unpaired) electrons. The lowest BCUT2D eigenvalue weighted by Crippen LogP contribution is -2.35. The Morgan fingerprint density at radius 3 is 2.74 bits per heavy atom. The van der Waals surface area contributed by atoms with E-state index in [2.05, 4.69) is 5.32 Å². The number of anilines is 1. The van der Waals surface area contributed by atoms with Crippen molar-refractivity contribution in [3.8, 4) is 0 Å². The zero-order valence-corrected chi connectivity index (χ0v) is 18.2. The van der Waals surface area contributed by atoms with Crippen LogP contribution in [0, 0.1) is 10.1 Å². The number of fused-ring (bicyclic) bond motifs is 1. The van der Waals surface area contributed by atoms with Crippen LogP contribution in [0.15, 0.2) is 18.2 Å². The van der Waals surface area contributed by atoms with Gasteiger partial charge in [0.05, 0.1) is 30.7 Å². The van der Waals surface area contributed by atoms with Gasteiger partial charge in [0.1, 0.15) is 10.6 Å². The van der Waals surface area contributed by atoms with Crippen molar-refractivity contribution in [2.75, 3.05) is 25.6 Å². The van der Waals surface area contributed by atoms with Crippen LogP contribution in [-0.4, -0.2) is 48.1 Å². The van der Waals surface area contributed by atoms with Gasteiger partial charge in [-0.1, -0.05) is 11.6 Å². The number of nitrogens with zero attached hydrogens (tertiary/aromatic N) is 2. The minimum Gasteiger partial charge on any atom is -0.462 e. The van der Waals surface area contributed by atoms with Gasteiger partial charge in [-0.25, -0.2) is 9.59 Å². The van der Waals surface area contributed by atoms with Crippen LogP contribution < -0.4 is 5.32 Å². The molecule has 0 unspecified atom stereocenters. The molecule has 0 atom stereocenters. The fourth-order valence-corrected chi connectivity index (χ4v) is 4.63. The van der Waals surface area contributed by atoms with Crippen LogP contribution in [0.25, 0.3) is 0 Å². The maximum Gasteiger partial charge on any atom is 0.409 e. The normalized spacial score (nSPS) is 12.7. The largest absolute Gasteiger partial charge is 0.462 e. The van der Waals surface area contributed by atoms with Crippen molar-refractivity contribution in [2.24, 2.45) is 0 Å². The number of carbonyl (C=O) groups excluding carboxylic acids is 3. The van der Waals surface area contributed by atoms with Gasteiger partial charge >= 0.3 is 12.1 Å². The Morgan fingerprint density at radius 2 is 2.10 bits per heavy atom. The summed E-state index contributed by atoms with van der Waals surface area (Å²) in [6.45, 7) is 2.32. The summed E-state index contributed by atoms with van der Waals surface area (Å²) >= 11 is 7.01. The molecule has 0 bridgehead atoms. The van der Waals surface area contributed by atoms with Crippen molar-refractivity contribution >= 4 is 51.6 Å². The molecule has 1 aliphatic rings. The average Bonchev–Trinajstić information content (AvgIpc) is 3.09. The first kappa shape index (κ1) is 22.5. The number of hydrogen-bond donors (Lipinski definition) is 1. The Morgan fingerprint density at radius 1 is 1.35 bits per heavy atom. The number of carbonyl (C=O) groups is 3. The topological polar surface area (TPSA) is 128 Å². The zero-order valence-electron chi connectivity index (χ0n) is 16.6. The van der Waals surface area contributed by atoms with Gasteiger partial charge < -0.3 is 19.7 Å². The van der Waals surface area contributed by atoms with E-state index in [0.29, 0.717) is 23.4 Å². The van der Waals surface area contributed by atoms with Crippen molar-refractivity contribution in [1.82, 2.24) is 4.90 Å². The van der Waals surface area contributed by atoms with Gasteiger partial charge in [0.2, 0.25) is 0 Å². The molecular weight excluding hydrogens is 450 g/mol. The highest BCUT2D eigenvalue weighted by Gasteiger charge is 2.32. The molecule has 1 aliphatic heterocycles. The van der Waals surface area contributed by atoms with Crippen LogP contribution in [0.2, 0.25) is 5.02 Å². The summed E-state index contributed by atoms with van der Waals surface area (Å²) in [7, 11) is 1.28. The number of hydrogen-bond acceptors (Lipinski definition) is 8. The molecule has 0 aliphatic carbocycles. The molecule has 2 heterocycles. The minimum absolute atomic E-state index is 0.130. The minimum atomic E-state index is -0.789. The van der Waals surface area contributed by atoms with E-state index in [9.17, 15) is 24.5 Å². The summed E-state index contributed by atoms with van der Waals surface area (Å²) < 4.78 is 9.89.